The molecule has 6 nitrogen and oxygen atoms in total. The fourth-order valence-electron chi connectivity index (χ4n) is 2.72. The Hall–Kier alpha value is -2.41. The second-order valence-electron chi connectivity index (χ2n) is 5.77. The van der Waals surface area contributed by atoms with Gasteiger partial charge in [0.05, 0.1) is 4.90 Å². The average Bonchev–Trinajstić information content (AvgIpc) is 2.61. The fraction of sp³-hybridized carbons (Fsp3) is 0.294. The summed E-state index contributed by atoms with van der Waals surface area (Å²) in [5, 5.41) is 0. The van der Waals surface area contributed by atoms with Crippen molar-refractivity contribution in [1.29, 1.82) is 0 Å². The lowest BCUT2D eigenvalue weighted by Gasteiger charge is -2.35. The summed E-state index contributed by atoms with van der Waals surface area (Å²) in [6.07, 6.45) is 2.89. The fourth-order valence-corrected chi connectivity index (χ4v) is 3.39. The summed E-state index contributed by atoms with van der Waals surface area (Å²) in [4.78, 5) is 21.0. The molecule has 126 valence electrons. The van der Waals surface area contributed by atoms with Gasteiger partial charge in [-0.05, 0) is 30.3 Å². The van der Waals surface area contributed by atoms with Crippen molar-refractivity contribution < 1.29 is 13.2 Å². The molecule has 1 aliphatic rings. The second-order valence-corrected chi connectivity index (χ2v) is 7.78. The molecule has 1 amide bonds. The van der Waals surface area contributed by atoms with E-state index in [1.54, 1.807) is 23.2 Å². The standard InChI is InChI=1S/C17H19N3O3S/c1-24(22,23)15-6-4-5-14(13-15)17(21)20-11-9-19(10-12-20)16-7-2-3-8-18-16/h2-8,13H,9-12H2,1H3. The highest BCUT2D eigenvalue weighted by molar-refractivity contribution is 7.90. The molecule has 0 bridgehead atoms. The Balaban J connectivity index is 1.70. The zero-order chi connectivity index (χ0) is 17.2. The minimum atomic E-state index is -3.32. The van der Waals surface area contributed by atoms with Gasteiger partial charge in [0, 0.05) is 44.2 Å². The highest BCUT2D eigenvalue weighted by Gasteiger charge is 2.23. The molecule has 0 aliphatic carbocycles. The summed E-state index contributed by atoms with van der Waals surface area (Å²) in [5.41, 5.74) is 0.407. The molecule has 1 aromatic carbocycles. The van der Waals surface area contributed by atoms with E-state index in [4.69, 9.17) is 0 Å². The second kappa shape index (κ2) is 6.60. The molecule has 3 rings (SSSR count). The van der Waals surface area contributed by atoms with Crippen LogP contribution in [0.25, 0.3) is 0 Å². The van der Waals surface area contributed by atoms with Crippen LogP contribution in [0.4, 0.5) is 5.82 Å². The van der Waals surface area contributed by atoms with Crippen LogP contribution in [-0.2, 0) is 9.84 Å². The first kappa shape index (κ1) is 16.4. The molecule has 24 heavy (non-hydrogen) atoms. The predicted molar refractivity (Wildman–Crippen MR) is 91.9 cm³/mol. The number of rotatable bonds is 3. The number of anilines is 1. The monoisotopic (exact) mass is 345 g/mol. The number of carbonyl (C=O) groups is 1. The molecule has 0 unspecified atom stereocenters. The Morgan fingerprint density at radius 1 is 1.04 bits per heavy atom. The zero-order valence-corrected chi connectivity index (χ0v) is 14.2. The number of hydrogen-bond donors (Lipinski definition) is 0. The van der Waals surface area contributed by atoms with E-state index in [1.165, 1.54) is 12.1 Å². The van der Waals surface area contributed by atoms with Crippen LogP contribution < -0.4 is 4.90 Å². The number of amides is 1. The molecule has 1 saturated heterocycles. The molecule has 1 aliphatic heterocycles. The van der Waals surface area contributed by atoms with Crippen molar-refractivity contribution in [2.45, 2.75) is 4.90 Å². The minimum absolute atomic E-state index is 0.138. The number of benzene rings is 1. The van der Waals surface area contributed by atoms with Gasteiger partial charge in [-0.3, -0.25) is 4.79 Å². The number of carbonyl (C=O) groups excluding carboxylic acids is 1. The van der Waals surface area contributed by atoms with Crippen LogP contribution in [0.15, 0.2) is 53.6 Å². The van der Waals surface area contributed by atoms with E-state index in [9.17, 15) is 13.2 Å². The van der Waals surface area contributed by atoms with Gasteiger partial charge in [-0.1, -0.05) is 12.1 Å². The molecule has 0 radical (unpaired) electrons. The Kier molecular flexibility index (Phi) is 4.53. The maximum atomic E-state index is 12.6. The number of nitrogens with zero attached hydrogens (tertiary/aromatic N) is 3. The summed E-state index contributed by atoms with van der Waals surface area (Å²) in [7, 11) is -3.32. The Labute approximate surface area is 141 Å². The van der Waals surface area contributed by atoms with Crippen LogP contribution >= 0.6 is 0 Å². The third kappa shape index (κ3) is 3.56. The quantitative estimate of drug-likeness (QED) is 0.842. The number of aromatic nitrogens is 1. The molecule has 1 fully saturated rings. The van der Waals surface area contributed by atoms with Crippen molar-refractivity contribution in [3.8, 4) is 0 Å². The van der Waals surface area contributed by atoms with Crippen molar-refractivity contribution >= 4 is 21.6 Å². The van der Waals surface area contributed by atoms with E-state index in [0.29, 0.717) is 31.7 Å². The average molecular weight is 345 g/mol. The summed E-state index contributed by atoms with van der Waals surface area (Å²) >= 11 is 0. The highest BCUT2D eigenvalue weighted by Crippen LogP contribution is 2.16. The number of sulfone groups is 1. The summed E-state index contributed by atoms with van der Waals surface area (Å²) in [6, 6.07) is 12.0. The summed E-state index contributed by atoms with van der Waals surface area (Å²) < 4.78 is 23.3. The lowest BCUT2D eigenvalue weighted by molar-refractivity contribution is 0.0746. The van der Waals surface area contributed by atoms with Gasteiger partial charge in [0.25, 0.3) is 5.91 Å². The molecule has 2 heterocycles. The normalized spacial score (nSPS) is 15.4. The van der Waals surface area contributed by atoms with Crippen molar-refractivity contribution in [3.05, 3.63) is 54.2 Å². The van der Waals surface area contributed by atoms with Crippen molar-refractivity contribution in [2.24, 2.45) is 0 Å². The van der Waals surface area contributed by atoms with Gasteiger partial charge in [0.1, 0.15) is 5.82 Å². The highest BCUT2D eigenvalue weighted by atomic mass is 32.2. The lowest BCUT2D eigenvalue weighted by atomic mass is 10.2. The minimum Gasteiger partial charge on any atom is -0.353 e. The van der Waals surface area contributed by atoms with Crippen molar-refractivity contribution in [2.75, 3.05) is 37.3 Å². The first-order valence-electron chi connectivity index (χ1n) is 7.70. The van der Waals surface area contributed by atoms with Crippen LogP contribution in [0.3, 0.4) is 0 Å². The number of piperazine rings is 1. The molecule has 0 saturated carbocycles. The third-order valence-corrected chi connectivity index (χ3v) is 5.16. The van der Waals surface area contributed by atoms with Gasteiger partial charge in [0.2, 0.25) is 0 Å². The van der Waals surface area contributed by atoms with Crippen molar-refractivity contribution in [3.63, 3.8) is 0 Å². The van der Waals surface area contributed by atoms with Crippen LogP contribution in [-0.4, -0.2) is 56.6 Å². The van der Waals surface area contributed by atoms with Crippen LogP contribution in [0.5, 0.6) is 0 Å². The third-order valence-electron chi connectivity index (χ3n) is 4.05. The van der Waals surface area contributed by atoms with E-state index in [1.807, 2.05) is 18.2 Å². The van der Waals surface area contributed by atoms with E-state index < -0.39 is 9.84 Å². The first-order chi connectivity index (χ1) is 11.4. The number of hydrogen-bond acceptors (Lipinski definition) is 5. The maximum absolute atomic E-state index is 12.6. The van der Waals surface area contributed by atoms with E-state index in [-0.39, 0.29) is 10.8 Å². The molecular formula is C17H19N3O3S. The molecule has 1 aromatic heterocycles. The molecule has 0 atom stereocenters. The van der Waals surface area contributed by atoms with Gasteiger partial charge in [-0.2, -0.15) is 0 Å². The maximum Gasteiger partial charge on any atom is 0.254 e. The van der Waals surface area contributed by atoms with Crippen LogP contribution in [0.1, 0.15) is 10.4 Å². The SMILES string of the molecule is CS(=O)(=O)c1cccc(C(=O)N2CCN(c3ccccn3)CC2)c1. The summed E-state index contributed by atoms with van der Waals surface area (Å²) in [6.45, 7) is 2.57. The van der Waals surface area contributed by atoms with Gasteiger partial charge in [-0.15, -0.1) is 0 Å². The first-order valence-corrected chi connectivity index (χ1v) is 9.60. The van der Waals surface area contributed by atoms with Gasteiger partial charge >= 0.3 is 0 Å². The Bertz CT molecular complexity index is 829. The van der Waals surface area contributed by atoms with Gasteiger partial charge in [-0.25, -0.2) is 13.4 Å². The smallest absolute Gasteiger partial charge is 0.254 e. The van der Waals surface area contributed by atoms with E-state index >= 15 is 0 Å². The predicted octanol–water partition coefficient (Wildman–Crippen LogP) is 1.45. The molecular weight excluding hydrogens is 326 g/mol. The van der Waals surface area contributed by atoms with Crippen LogP contribution in [0.2, 0.25) is 0 Å². The van der Waals surface area contributed by atoms with Gasteiger partial charge < -0.3 is 9.80 Å². The zero-order valence-electron chi connectivity index (χ0n) is 13.4. The van der Waals surface area contributed by atoms with E-state index in [2.05, 4.69) is 9.88 Å². The largest absolute Gasteiger partial charge is 0.353 e. The van der Waals surface area contributed by atoms with Crippen molar-refractivity contribution in [1.82, 2.24) is 9.88 Å². The van der Waals surface area contributed by atoms with Gasteiger partial charge in [0.15, 0.2) is 9.84 Å². The topological polar surface area (TPSA) is 70.6 Å². The molecule has 0 spiro atoms. The Morgan fingerprint density at radius 2 is 1.79 bits per heavy atom. The molecule has 7 heteroatoms. The lowest BCUT2D eigenvalue weighted by Crippen LogP contribution is -2.49. The van der Waals surface area contributed by atoms with E-state index in [0.717, 1.165) is 12.1 Å². The summed E-state index contributed by atoms with van der Waals surface area (Å²) in [5.74, 6) is 0.768. The molecule has 0 N–H and O–H groups in total. The number of pyridine rings is 1. The van der Waals surface area contributed by atoms with Crippen LogP contribution in [0, 0.1) is 0 Å². The molecule has 2 aromatic rings. The Morgan fingerprint density at radius 3 is 2.42 bits per heavy atom.